The first-order chi connectivity index (χ1) is 8.11. The molecular formula is C12H14ClN3O. The van der Waals surface area contributed by atoms with Crippen LogP contribution in [-0.2, 0) is 0 Å². The molecule has 2 aromatic rings. The molecule has 0 aliphatic rings. The van der Waals surface area contributed by atoms with E-state index in [1.807, 2.05) is 6.07 Å². The monoisotopic (exact) mass is 251 g/mol. The van der Waals surface area contributed by atoms with Gasteiger partial charge in [0.1, 0.15) is 0 Å². The number of nitrogen functional groups attached to an aromatic ring is 1. The van der Waals surface area contributed by atoms with E-state index in [4.69, 9.17) is 21.9 Å². The summed E-state index contributed by atoms with van der Waals surface area (Å²) in [4.78, 5) is 4.35. The SMILES string of the molecule is CCC(C)c1noc(-c2ccc(Cl)c(N)c2)n1. The molecule has 1 aromatic heterocycles. The Morgan fingerprint density at radius 1 is 1.47 bits per heavy atom. The smallest absolute Gasteiger partial charge is 0.258 e. The van der Waals surface area contributed by atoms with Gasteiger partial charge in [0.05, 0.1) is 10.7 Å². The first-order valence-corrected chi connectivity index (χ1v) is 5.88. The number of nitrogens with zero attached hydrogens (tertiary/aromatic N) is 2. The first kappa shape index (κ1) is 11.9. The van der Waals surface area contributed by atoms with Gasteiger partial charge in [-0.25, -0.2) is 0 Å². The van der Waals surface area contributed by atoms with Crippen molar-refractivity contribution >= 4 is 17.3 Å². The summed E-state index contributed by atoms with van der Waals surface area (Å²) >= 11 is 5.85. The number of hydrogen-bond donors (Lipinski definition) is 1. The fraction of sp³-hybridized carbons (Fsp3) is 0.333. The molecule has 4 nitrogen and oxygen atoms in total. The van der Waals surface area contributed by atoms with Crippen molar-refractivity contribution in [3.8, 4) is 11.5 Å². The minimum Gasteiger partial charge on any atom is -0.398 e. The van der Waals surface area contributed by atoms with Gasteiger partial charge >= 0.3 is 0 Å². The lowest BCUT2D eigenvalue weighted by molar-refractivity contribution is 0.416. The third kappa shape index (κ3) is 2.42. The second-order valence-corrected chi connectivity index (χ2v) is 4.41. The van der Waals surface area contributed by atoms with Crippen LogP contribution in [0.4, 0.5) is 5.69 Å². The predicted octanol–water partition coefficient (Wildman–Crippen LogP) is 3.49. The summed E-state index contributed by atoms with van der Waals surface area (Å²) in [6.07, 6.45) is 0.974. The zero-order chi connectivity index (χ0) is 12.4. The molecule has 0 fully saturated rings. The van der Waals surface area contributed by atoms with Crippen LogP contribution in [0.15, 0.2) is 22.7 Å². The number of anilines is 1. The molecule has 0 aliphatic heterocycles. The number of benzene rings is 1. The molecule has 2 N–H and O–H groups in total. The van der Waals surface area contributed by atoms with Gasteiger partial charge in [-0.15, -0.1) is 0 Å². The van der Waals surface area contributed by atoms with E-state index in [0.29, 0.717) is 16.6 Å². The van der Waals surface area contributed by atoms with Crippen LogP contribution in [-0.4, -0.2) is 10.1 Å². The molecule has 0 aliphatic carbocycles. The second kappa shape index (κ2) is 4.75. The van der Waals surface area contributed by atoms with Crippen LogP contribution in [0.1, 0.15) is 32.0 Å². The Morgan fingerprint density at radius 2 is 2.24 bits per heavy atom. The quantitative estimate of drug-likeness (QED) is 0.848. The van der Waals surface area contributed by atoms with E-state index in [2.05, 4.69) is 24.0 Å². The molecule has 90 valence electrons. The van der Waals surface area contributed by atoms with E-state index < -0.39 is 0 Å². The van der Waals surface area contributed by atoms with Gasteiger partial charge in [0.2, 0.25) is 0 Å². The van der Waals surface area contributed by atoms with Gasteiger partial charge in [-0.1, -0.05) is 30.6 Å². The minimum atomic E-state index is 0.289. The molecule has 17 heavy (non-hydrogen) atoms. The maximum atomic E-state index is 5.85. The van der Waals surface area contributed by atoms with Gasteiger partial charge in [0.25, 0.3) is 5.89 Å². The van der Waals surface area contributed by atoms with Crippen LogP contribution in [0.3, 0.4) is 0 Å². The zero-order valence-corrected chi connectivity index (χ0v) is 10.5. The lowest BCUT2D eigenvalue weighted by Gasteiger charge is -2.00. The van der Waals surface area contributed by atoms with Gasteiger partial charge in [-0.3, -0.25) is 0 Å². The summed E-state index contributed by atoms with van der Waals surface area (Å²) in [5.41, 5.74) is 7.02. The van der Waals surface area contributed by atoms with Gasteiger partial charge in [0, 0.05) is 11.5 Å². The minimum absolute atomic E-state index is 0.289. The van der Waals surface area contributed by atoms with Gasteiger partial charge in [-0.05, 0) is 24.6 Å². The first-order valence-electron chi connectivity index (χ1n) is 5.50. The van der Waals surface area contributed by atoms with Gasteiger partial charge < -0.3 is 10.3 Å². The molecule has 0 spiro atoms. The third-order valence-corrected chi connectivity index (χ3v) is 3.08. The molecule has 1 heterocycles. The second-order valence-electron chi connectivity index (χ2n) is 4.00. The summed E-state index contributed by atoms with van der Waals surface area (Å²) in [5, 5.41) is 4.48. The highest BCUT2D eigenvalue weighted by Crippen LogP contribution is 2.26. The number of rotatable bonds is 3. The summed E-state index contributed by atoms with van der Waals surface area (Å²) in [7, 11) is 0. The van der Waals surface area contributed by atoms with E-state index in [1.165, 1.54) is 0 Å². The number of hydrogen-bond acceptors (Lipinski definition) is 4. The Labute approximate surface area is 105 Å². The highest BCUT2D eigenvalue weighted by Gasteiger charge is 2.13. The van der Waals surface area contributed by atoms with Crippen molar-refractivity contribution in [2.45, 2.75) is 26.2 Å². The standard InChI is InChI=1S/C12H14ClN3O/c1-3-7(2)11-15-12(17-16-11)8-4-5-9(13)10(14)6-8/h4-7H,3,14H2,1-2H3. The van der Waals surface area contributed by atoms with Crippen molar-refractivity contribution < 1.29 is 4.52 Å². The Balaban J connectivity index is 2.33. The average molecular weight is 252 g/mol. The van der Waals surface area contributed by atoms with Crippen molar-refractivity contribution in [2.75, 3.05) is 5.73 Å². The van der Waals surface area contributed by atoms with Crippen LogP contribution >= 0.6 is 11.6 Å². The fourth-order valence-electron chi connectivity index (χ4n) is 1.41. The molecule has 0 saturated carbocycles. The topological polar surface area (TPSA) is 64.9 Å². The lowest BCUT2D eigenvalue weighted by atomic mass is 10.1. The molecular weight excluding hydrogens is 238 g/mol. The normalized spacial score (nSPS) is 12.6. The van der Waals surface area contributed by atoms with Crippen LogP contribution in [0.2, 0.25) is 5.02 Å². The fourth-order valence-corrected chi connectivity index (χ4v) is 1.53. The molecule has 5 heteroatoms. The predicted molar refractivity (Wildman–Crippen MR) is 67.9 cm³/mol. The average Bonchev–Trinajstić information content (AvgIpc) is 2.81. The third-order valence-electron chi connectivity index (χ3n) is 2.74. The molecule has 0 amide bonds. The Kier molecular flexibility index (Phi) is 3.33. The maximum Gasteiger partial charge on any atom is 0.258 e. The maximum absolute atomic E-state index is 5.85. The summed E-state index contributed by atoms with van der Waals surface area (Å²) < 4.78 is 5.21. The molecule has 0 bridgehead atoms. The van der Waals surface area contributed by atoms with Crippen molar-refractivity contribution in [1.29, 1.82) is 0 Å². The van der Waals surface area contributed by atoms with E-state index in [-0.39, 0.29) is 5.92 Å². The molecule has 1 aromatic carbocycles. The van der Waals surface area contributed by atoms with Crippen molar-refractivity contribution in [2.24, 2.45) is 0 Å². The van der Waals surface area contributed by atoms with Crippen molar-refractivity contribution in [1.82, 2.24) is 10.1 Å². The molecule has 1 atom stereocenters. The van der Waals surface area contributed by atoms with Crippen LogP contribution in [0.5, 0.6) is 0 Å². The highest BCUT2D eigenvalue weighted by molar-refractivity contribution is 6.33. The molecule has 0 saturated heterocycles. The van der Waals surface area contributed by atoms with E-state index in [9.17, 15) is 0 Å². The summed E-state index contributed by atoms with van der Waals surface area (Å²) in [6, 6.07) is 5.27. The highest BCUT2D eigenvalue weighted by atomic mass is 35.5. The number of nitrogens with two attached hydrogens (primary N) is 1. The molecule has 2 rings (SSSR count). The lowest BCUT2D eigenvalue weighted by Crippen LogP contribution is -1.93. The molecule has 0 radical (unpaired) electrons. The van der Waals surface area contributed by atoms with Crippen molar-refractivity contribution in [3.05, 3.63) is 29.0 Å². The number of halogens is 1. The summed E-state index contributed by atoms with van der Waals surface area (Å²) in [5.74, 6) is 1.48. The Hall–Kier alpha value is -1.55. The summed E-state index contributed by atoms with van der Waals surface area (Å²) in [6.45, 7) is 4.14. The van der Waals surface area contributed by atoms with E-state index in [0.717, 1.165) is 17.8 Å². The van der Waals surface area contributed by atoms with Crippen LogP contribution < -0.4 is 5.73 Å². The largest absolute Gasteiger partial charge is 0.398 e. The van der Waals surface area contributed by atoms with Gasteiger partial charge in [-0.2, -0.15) is 4.98 Å². The van der Waals surface area contributed by atoms with Gasteiger partial charge in [0.15, 0.2) is 5.82 Å². The van der Waals surface area contributed by atoms with E-state index in [1.54, 1.807) is 12.1 Å². The number of aromatic nitrogens is 2. The Morgan fingerprint density at radius 3 is 2.88 bits per heavy atom. The van der Waals surface area contributed by atoms with E-state index >= 15 is 0 Å². The van der Waals surface area contributed by atoms with Crippen LogP contribution in [0, 0.1) is 0 Å². The van der Waals surface area contributed by atoms with Crippen molar-refractivity contribution in [3.63, 3.8) is 0 Å². The van der Waals surface area contributed by atoms with Crippen LogP contribution in [0.25, 0.3) is 11.5 Å². The zero-order valence-electron chi connectivity index (χ0n) is 9.77. The Bertz CT molecular complexity index is 524. The molecule has 1 unspecified atom stereocenters.